The van der Waals surface area contributed by atoms with Gasteiger partial charge in [-0.3, -0.25) is 4.98 Å². The fourth-order valence-corrected chi connectivity index (χ4v) is 3.49. The van der Waals surface area contributed by atoms with Crippen LogP contribution in [-0.4, -0.2) is 9.97 Å². The van der Waals surface area contributed by atoms with Gasteiger partial charge < -0.3 is 0 Å². The molecule has 0 N–H and O–H groups in total. The van der Waals surface area contributed by atoms with Crippen LogP contribution in [0.5, 0.6) is 0 Å². The van der Waals surface area contributed by atoms with Crippen molar-refractivity contribution in [1.82, 2.24) is 9.97 Å². The molecule has 0 spiro atoms. The van der Waals surface area contributed by atoms with Crippen molar-refractivity contribution in [2.24, 2.45) is 0 Å². The Morgan fingerprint density at radius 3 is 2.55 bits per heavy atom. The number of aromatic nitrogens is 2. The molecule has 0 aliphatic rings. The fourth-order valence-electron chi connectivity index (χ4n) is 1.70. The zero-order valence-corrected chi connectivity index (χ0v) is 12.1. The van der Waals surface area contributed by atoms with E-state index in [1.807, 2.05) is 17.5 Å². The molecule has 0 aliphatic carbocycles. The van der Waals surface area contributed by atoms with E-state index in [0.717, 1.165) is 21.3 Å². The molecule has 0 aliphatic heterocycles. The van der Waals surface area contributed by atoms with Gasteiger partial charge in [-0.2, -0.15) is 0 Å². The Morgan fingerprint density at radius 2 is 1.80 bits per heavy atom. The molecular formula is C15H11FN2S2. The molecule has 1 aromatic carbocycles. The van der Waals surface area contributed by atoms with Crippen molar-refractivity contribution in [3.63, 3.8) is 0 Å². The highest BCUT2D eigenvalue weighted by Gasteiger charge is 2.05. The van der Waals surface area contributed by atoms with Crippen molar-refractivity contribution >= 4 is 23.1 Å². The molecule has 5 heteroatoms. The summed E-state index contributed by atoms with van der Waals surface area (Å²) in [5.74, 6) is 0.648. The number of benzene rings is 1. The Labute approximate surface area is 124 Å². The first-order valence-corrected chi connectivity index (χ1v) is 7.91. The molecule has 2 heterocycles. The van der Waals surface area contributed by atoms with Gasteiger partial charge in [-0.15, -0.1) is 11.3 Å². The van der Waals surface area contributed by atoms with Gasteiger partial charge in [0.1, 0.15) is 5.82 Å². The van der Waals surface area contributed by atoms with Gasteiger partial charge in [0, 0.05) is 29.1 Å². The summed E-state index contributed by atoms with van der Waals surface area (Å²) in [7, 11) is 0. The molecule has 2 nitrogen and oxygen atoms in total. The first-order chi connectivity index (χ1) is 9.81. The lowest BCUT2D eigenvalue weighted by atomic mass is 10.2. The SMILES string of the molecule is Fc1ccc(-c2csc(SCc3ccncc3)n2)cc1. The van der Waals surface area contributed by atoms with E-state index in [9.17, 15) is 4.39 Å². The van der Waals surface area contributed by atoms with Gasteiger partial charge in [-0.05, 0) is 42.0 Å². The maximum Gasteiger partial charge on any atom is 0.150 e. The number of thiazole rings is 1. The summed E-state index contributed by atoms with van der Waals surface area (Å²) in [4.78, 5) is 8.57. The van der Waals surface area contributed by atoms with Crippen molar-refractivity contribution < 1.29 is 4.39 Å². The smallest absolute Gasteiger partial charge is 0.150 e. The van der Waals surface area contributed by atoms with E-state index in [-0.39, 0.29) is 5.82 Å². The molecule has 2 aromatic heterocycles. The van der Waals surface area contributed by atoms with E-state index >= 15 is 0 Å². The van der Waals surface area contributed by atoms with Crippen LogP contribution in [0.3, 0.4) is 0 Å². The second kappa shape index (κ2) is 6.15. The molecule has 0 unspecified atom stereocenters. The molecular weight excluding hydrogens is 291 g/mol. The van der Waals surface area contributed by atoms with Gasteiger partial charge in [0.2, 0.25) is 0 Å². The Morgan fingerprint density at radius 1 is 1.05 bits per heavy atom. The highest BCUT2D eigenvalue weighted by molar-refractivity contribution is 8.00. The number of rotatable bonds is 4. The highest BCUT2D eigenvalue weighted by Crippen LogP contribution is 2.30. The van der Waals surface area contributed by atoms with E-state index in [2.05, 4.69) is 9.97 Å². The van der Waals surface area contributed by atoms with Crippen LogP contribution >= 0.6 is 23.1 Å². The molecule has 3 rings (SSSR count). The van der Waals surface area contributed by atoms with Gasteiger partial charge in [0.15, 0.2) is 4.34 Å². The monoisotopic (exact) mass is 302 g/mol. The minimum absolute atomic E-state index is 0.226. The first kappa shape index (κ1) is 13.3. The molecule has 0 atom stereocenters. The summed E-state index contributed by atoms with van der Waals surface area (Å²) in [5.41, 5.74) is 3.06. The van der Waals surface area contributed by atoms with Crippen molar-refractivity contribution in [3.05, 3.63) is 65.6 Å². The zero-order valence-electron chi connectivity index (χ0n) is 10.5. The third-order valence-corrected chi connectivity index (χ3v) is 4.83. The lowest BCUT2D eigenvalue weighted by molar-refractivity contribution is 0.628. The molecule has 0 amide bonds. The Balaban J connectivity index is 1.69. The van der Waals surface area contributed by atoms with Crippen LogP contribution in [0.4, 0.5) is 4.39 Å². The predicted octanol–water partition coefficient (Wildman–Crippen LogP) is 4.64. The largest absolute Gasteiger partial charge is 0.265 e. The van der Waals surface area contributed by atoms with Gasteiger partial charge in [-0.25, -0.2) is 9.37 Å². The minimum atomic E-state index is -0.226. The molecule has 0 bridgehead atoms. The van der Waals surface area contributed by atoms with Gasteiger partial charge in [-0.1, -0.05) is 11.8 Å². The van der Waals surface area contributed by atoms with Crippen molar-refractivity contribution in [2.45, 2.75) is 10.1 Å². The minimum Gasteiger partial charge on any atom is -0.265 e. The lowest BCUT2D eigenvalue weighted by Crippen LogP contribution is -1.81. The van der Waals surface area contributed by atoms with Crippen LogP contribution in [0, 0.1) is 5.82 Å². The molecule has 3 aromatic rings. The number of nitrogens with zero attached hydrogens (tertiary/aromatic N) is 2. The molecule has 100 valence electrons. The van der Waals surface area contributed by atoms with Crippen molar-refractivity contribution in [3.8, 4) is 11.3 Å². The van der Waals surface area contributed by atoms with Crippen LogP contribution in [0.2, 0.25) is 0 Å². The topological polar surface area (TPSA) is 25.8 Å². The standard InChI is InChI=1S/C15H11FN2S2/c16-13-3-1-12(2-4-13)14-10-20-15(18-14)19-9-11-5-7-17-8-6-11/h1-8,10H,9H2. The summed E-state index contributed by atoms with van der Waals surface area (Å²) >= 11 is 3.31. The second-order valence-corrected chi connectivity index (χ2v) is 6.23. The number of halogens is 1. The summed E-state index contributed by atoms with van der Waals surface area (Å²) in [5, 5.41) is 2.00. The quantitative estimate of drug-likeness (QED) is 0.657. The van der Waals surface area contributed by atoms with Crippen LogP contribution in [0.15, 0.2) is 58.5 Å². The van der Waals surface area contributed by atoms with Gasteiger partial charge in [0.25, 0.3) is 0 Å². The van der Waals surface area contributed by atoms with Crippen LogP contribution in [-0.2, 0) is 5.75 Å². The van der Waals surface area contributed by atoms with E-state index < -0.39 is 0 Å². The molecule has 0 saturated heterocycles. The number of pyridine rings is 1. The third-order valence-electron chi connectivity index (χ3n) is 2.73. The molecule has 20 heavy (non-hydrogen) atoms. The summed E-state index contributed by atoms with van der Waals surface area (Å²) in [6.07, 6.45) is 3.59. The normalized spacial score (nSPS) is 10.7. The first-order valence-electron chi connectivity index (χ1n) is 6.04. The van der Waals surface area contributed by atoms with Gasteiger partial charge >= 0.3 is 0 Å². The highest BCUT2D eigenvalue weighted by atomic mass is 32.2. The van der Waals surface area contributed by atoms with Crippen molar-refractivity contribution in [1.29, 1.82) is 0 Å². The van der Waals surface area contributed by atoms with E-state index in [1.165, 1.54) is 17.7 Å². The van der Waals surface area contributed by atoms with E-state index in [0.29, 0.717) is 0 Å². The fraction of sp³-hybridized carbons (Fsp3) is 0.0667. The van der Waals surface area contributed by atoms with Crippen LogP contribution in [0.25, 0.3) is 11.3 Å². The van der Waals surface area contributed by atoms with Crippen molar-refractivity contribution in [2.75, 3.05) is 0 Å². The number of hydrogen-bond donors (Lipinski definition) is 0. The molecule has 0 saturated carbocycles. The molecule has 0 fully saturated rings. The van der Waals surface area contributed by atoms with E-state index in [1.54, 1.807) is 47.6 Å². The molecule has 0 radical (unpaired) electrons. The summed E-state index contributed by atoms with van der Waals surface area (Å²) in [6.45, 7) is 0. The maximum absolute atomic E-state index is 12.9. The van der Waals surface area contributed by atoms with Crippen LogP contribution < -0.4 is 0 Å². The Hall–Kier alpha value is -1.72. The third kappa shape index (κ3) is 3.23. The number of hydrogen-bond acceptors (Lipinski definition) is 4. The Kier molecular flexibility index (Phi) is 4.08. The average molecular weight is 302 g/mol. The predicted molar refractivity (Wildman–Crippen MR) is 81.3 cm³/mol. The Bertz CT molecular complexity index is 681. The summed E-state index contributed by atoms with van der Waals surface area (Å²) in [6, 6.07) is 10.4. The lowest BCUT2D eigenvalue weighted by Gasteiger charge is -1.98. The number of thioether (sulfide) groups is 1. The van der Waals surface area contributed by atoms with Crippen LogP contribution in [0.1, 0.15) is 5.56 Å². The summed E-state index contributed by atoms with van der Waals surface area (Å²) < 4.78 is 13.9. The second-order valence-electron chi connectivity index (χ2n) is 4.15. The van der Waals surface area contributed by atoms with Gasteiger partial charge in [0.05, 0.1) is 5.69 Å². The maximum atomic E-state index is 12.9. The average Bonchev–Trinajstić information content (AvgIpc) is 2.96. The van der Waals surface area contributed by atoms with E-state index in [4.69, 9.17) is 0 Å². The zero-order chi connectivity index (χ0) is 13.8.